The summed E-state index contributed by atoms with van der Waals surface area (Å²) in [4.78, 5) is 24.9. The van der Waals surface area contributed by atoms with Crippen molar-refractivity contribution in [1.29, 1.82) is 0 Å². The standard InChI is InChI=1S/C20H25N3O5/c1-12(23-18(24)10-14-6-5-7-15(14)22-23)20(25)21-11-13-8-16(26-2)19(28-4)17(9-13)27-3/h8-10,12H,5-7,11H2,1-4H3,(H,21,25). The van der Waals surface area contributed by atoms with Crippen LogP contribution in [0.15, 0.2) is 23.0 Å². The topological polar surface area (TPSA) is 91.7 Å². The molecule has 2 aromatic rings. The van der Waals surface area contributed by atoms with E-state index in [4.69, 9.17) is 14.2 Å². The summed E-state index contributed by atoms with van der Waals surface area (Å²) in [5.74, 6) is 1.22. The van der Waals surface area contributed by atoms with Crippen molar-refractivity contribution >= 4 is 5.91 Å². The number of carbonyl (C=O) groups is 1. The lowest BCUT2D eigenvalue weighted by Crippen LogP contribution is -2.37. The molecule has 0 radical (unpaired) electrons. The average molecular weight is 387 g/mol. The van der Waals surface area contributed by atoms with E-state index in [9.17, 15) is 9.59 Å². The van der Waals surface area contributed by atoms with Gasteiger partial charge in [0, 0.05) is 12.6 Å². The van der Waals surface area contributed by atoms with E-state index in [1.165, 1.54) is 26.0 Å². The Morgan fingerprint density at radius 2 is 1.82 bits per heavy atom. The van der Waals surface area contributed by atoms with E-state index in [0.717, 1.165) is 36.1 Å². The number of carbonyl (C=O) groups excluding carboxylic acids is 1. The van der Waals surface area contributed by atoms with E-state index in [1.54, 1.807) is 25.1 Å². The van der Waals surface area contributed by atoms with E-state index in [0.29, 0.717) is 17.2 Å². The molecular formula is C20H25N3O5. The van der Waals surface area contributed by atoms with Crippen LogP contribution in [0.2, 0.25) is 0 Å². The van der Waals surface area contributed by atoms with Gasteiger partial charge >= 0.3 is 0 Å². The maximum absolute atomic E-state index is 12.6. The van der Waals surface area contributed by atoms with Crippen molar-refractivity contribution in [2.45, 2.75) is 38.8 Å². The number of aryl methyl sites for hydroxylation is 2. The predicted molar refractivity (Wildman–Crippen MR) is 103 cm³/mol. The number of benzene rings is 1. The smallest absolute Gasteiger partial charge is 0.267 e. The second-order valence-corrected chi connectivity index (χ2v) is 6.68. The van der Waals surface area contributed by atoms with Crippen LogP contribution >= 0.6 is 0 Å². The van der Waals surface area contributed by atoms with E-state index in [-0.39, 0.29) is 18.0 Å². The fraction of sp³-hybridized carbons (Fsp3) is 0.450. The minimum atomic E-state index is -0.708. The van der Waals surface area contributed by atoms with Crippen LogP contribution in [-0.4, -0.2) is 37.0 Å². The Bertz CT molecular complexity index is 913. The Kier molecular flexibility index (Phi) is 5.87. The van der Waals surface area contributed by atoms with Crippen molar-refractivity contribution in [3.8, 4) is 17.2 Å². The van der Waals surface area contributed by atoms with Crippen molar-refractivity contribution in [2.24, 2.45) is 0 Å². The van der Waals surface area contributed by atoms with Gasteiger partial charge in [-0.05, 0) is 49.4 Å². The molecule has 0 saturated carbocycles. The second-order valence-electron chi connectivity index (χ2n) is 6.68. The quantitative estimate of drug-likeness (QED) is 0.777. The summed E-state index contributed by atoms with van der Waals surface area (Å²) in [5, 5.41) is 7.23. The van der Waals surface area contributed by atoms with Gasteiger partial charge in [-0.2, -0.15) is 5.10 Å². The summed E-state index contributed by atoms with van der Waals surface area (Å²) in [7, 11) is 4.60. The maximum atomic E-state index is 12.6. The van der Waals surface area contributed by atoms with E-state index in [1.807, 2.05) is 0 Å². The molecule has 1 aliphatic carbocycles. The molecule has 0 fully saturated rings. The average Bonchev–Trinajstić information content (AvgIpc) is 3.16. The van der Waals surface area contributed by atoms with Gasteiger partial charge < -0.3 is 19.5 Å². The second kappa shape index (κ2) is 8.33. The molecule has 0 spiro atoms. The van der Waals surface area contributed by atoms with Crippen molar-refractivity contribution in [1.82, 2.24) is 15.1 Å². The Labute approximate surface area is 163 Å². The van der Waals surface area contributed by atoms with Crippen LogP contribution in [0.5, 0.6) is 17.2 Å². The normalized spacial score (nSPS) is 13.6. The number of fused-ring (bicyclic) bond motifs is 1. The zero-order valence-electron chi connectivity index (χ0n) is 16.6. The molecule has 8 heteroatoms. The van der Waals surface area contributed by atoms with Gasteiger partial charge in [-0.15, -0.1) is 0 Å². The Morgan fingerprint density at radius 1 is 1.14 bits per heavy atom. The molecule has 8 nitrogen and oxygen atoms in total. The molecule has 0 saturated heterocycles. The van der Waals surface area contributed by atoms with Crippen molar-refractivity contribution < 1.29 is 19.0 Å². The third-order valence-corrected chi connectivity index (χ3v) is 4.92. The lowest BCUT2D eigenvalue weighted by atomic mass is 10.1. The third kappa shape index (κ3) is 3.81. The number of hydrogen-bond acceptors (Lipinski definition) is 6. The van der Waals surface area contributed by atoms with Crippen LogP contribution in [-0.2, 0) is 24.2 Å². The summed E-state index contributed by atoms with van der Waals surface area (Å²) < 4.78 is 17.2. The monoisotopic (exact) mass is 387 g/mol. The first-order valence-corrected chi connectivity index (χ1v) is 9.16. The van der Waals surface area contributed by atoms with Crippen molar-refractivity contribution in [2.75, 3.05) is 21.3 Å². The van der Waals surface area contributed by atoms with Gasteiger partial charge in [0.2, 0.25) is 11.7 Å². The zero-order chi connectivity index (χ0) is 20.3. The number of rotatable bonds is 7. The molecule has 1 aromatic carbocycles. The number of amides is 1. The molecule has 0 bridgehead atoms. The minimum absolute atomic E-state index is 0.250. The number of ether oxygens (including phenoxy) is 3. The van der Waals surface area contributed by atoms with Gasteiger partial charge in [0.05, 0.1) is 27.0 Å². The summed E-state index contributed by atoms with van der Waals surface area (Å²) in [5.41, 5.74) is 2.43. The van der Waals surface area contributed by atoms with Gasteiger partial charge in [-0.3, -0.25) is 9.59 Å². The SMILES string of the molecule is COc1cc(CNC(=O)C(C)n2nc3c(cc2=O)CCC3)cc(OC)c1OC. The van der Waals surface area contributed by atoms with Crippen molar-refractivity contribution in [3.05, 3.63) is 45.4 Å². The fourth-order valence-corrected chi connectivity index (χ4v) is 3.38. The highest BCUT2D eigenvalue weighted by Gasteiger charge is 2.21. The Balaban J connectivity index is 1.75. The maximum Gasteiger partial charge on any atom is 0.267 e. The first-order valence-electron chi connectivity index (χ1n) is 9.16. The first kappa shape index (κ1) is 19.7. The van der Waals surface area contributed by atoms with Crippen LogP contribution in [0, 0.1) is 0 Å². The Morgan fingerprint density at radius 3 is 2.43 bits per heavy atom. The van der Waals surface area contributed by atoms with E-state index in [2.05, 4.69) is 10.4 Å². The van der Waals surface area contributed by atoms with Crippen LogP contribution in [0.3, 0.4) is 0 Å². The molecule has 1 unspecified atom stereocenters. The van der Waals surface area contributed by atoms with Gasteiger partial charge in [0.25, 0.3) is 5.56 Å². The molecule has 3 rings (SSSR count). The first-order chi connectivity index (χ1) is 13.5. The highest BCUT2D eigenvalue weighted by molar-refractivity contribution is 5.79. The zero-order valence-corrected chi connectivity index (χ0v) is 16.6. The van der Waals surface area contributed by atoms with Gasteiger partial charge in [0.15, 0.2) is 11.5 Å². The molecule has 1 N–H and O–H groups in total. The Hall–Kier alpha value is -3.03. The lowest BCUT2D eigenvalue weighted by Gasteiger charge is -2.17. The van der Waals surface area contributed by atoms with Gasteiger partial charge in [-0.25, -0.2) is 4.68 Å². The van der Waals surface area contributed by atoms with Gasteiger partial charge in [0.1, 0.15) is 6.04 Å². The third-order valence-electron chi connectivity index (χ3n) is 4.92. The summed E-state index contributed by atoms with van der Waals surface area (Å²) >= 11 is 0. The van der Waals surface area contributed by atoms with Crippen LogP contribution in [0.1, 0.15) is 36.2 Å². The van der Waals surface area contributed by atoms with Gasteiger partial charge in [-0.1, -0.05) is 0 Å². The largest absolute Gasteiger partial charge is 0.493 e. The summed E-state index contributed by atoms with van der Waals surface area (Å²) in [6.45, 7) is 1.92. The highest BCUT2D eigenvalue weighted by Crippen LogP contribution is 2.38. The molecule has 1 aliphatic rings. The highest BCUT2D eigenvalue weighted by atomic mass is 16.5. The number of nitrogens with one attached hydrogen (secondary N) is 1. The molecule has 1 heterocycles. The number of nitrogens with zero attached hydrogens (tertiary/aromatic N) is 2. The summed E-state index contributed by atoms with van der Waals surface area (Å²) in [6.07, 6.45) is 2.71. The molecular weight excluding hydrogens is 362 g/mol. The van der Waals surface area contributed by atoms with Crippen LogP contribution < -0.4 is 25.1 Å². The number of aromatic nitrogens is 2. The molecule has 1 aromatic heterocycles. The summed E-state index contributed by atoms with van der Waals surface area (Å²) in [6, 6.07) is 4.43. The van der Waals surface area contributed by atoms with E-state index < -0.39 is 6.04 Å². The van der Waals surface area contributed by atoms with Crippen molar-refractivity contribution in [3.63, 3.8) is 0 Å². The molecule has 1 atom stereocenters. The number of hydrogen-bond donors (Lipinski definition) is 1. The fourth-order valence-electron chi connectivity index (χ4n) is 3.38. The molecule has 0 aliphatic heterocycles. The lowest BCUT2D eigenvalue weighted by molar-refractivity contribution is -0.124. The van der Waals surface area contributed by atoms with Crippen LogP contribution in [0.4, 0.5) is 0 Å². The predicted octanol–water partition coefficient (Wildman–Crippen LogP) is 1.64. The minimum Gasteiger partial charge on any atom is -0.493 e. The van der Waals surface area contributed by atoms with Crippen LogP contribution in [0.25, 0.3) is 0 Å². The van der Waals surface area contributed by atoms with E-state index >= 15 is 0 Å². The molecule has 28 heavy (non-hydrogen) atoms. The molecule has 1 amide bonds. The number of methoxy groups -OCH3 is 3. The molecule has 150 valence electrons.